The van der Waals surface area contributed by atoms with Crippen LogP contribution >= 0.6 is 11.8 Å². The summed E-state index contributed by atoms with van der Waals surface area (Å²) in [5.74, 6) is 0.0222. The molecule has 2 aromatic carbocycles. The van der Waals surface area contributed by atoms with Crippen molar-refractivity contribution < 1.29 is 9.90 Å². The average Bonchev–Trinajstić information content (AvgIpc) is 2.71. The van der Waals surface area contributed by atoms with Gasteiger partial charge in [-0.1, -0.05) is 74.5 Å². The van der Waals surface area contributed by atoms with E-state index in [0.29, 0.717) is 34.3 Å². The van der Waals surface area contributed by atoms with Gasteiger partial charge in [-0.3, -0.25) is 4.79 Å². The Labute approximate surface area is 173 Å². The number of carbonyl (C=O) groups is 1. The van der Waals surface area contributed by atoms with Crippen LogP contribution < -0.4 is 0 Å². The molecule has 1 aliphatic rings. The highest BCUT2D eigenvalue weighted by molar-refractivity contribution is 8.03. The van der Waals surface area contributed by atoms with E-state index in [0.717, 1.165) is 22.9 Å². The van der Waals surface area contributed by atoms with Crippen LogP contribution in [0, 0.1) is 5.41 Å². The largest absolute Gasteiger partial charge is 0.511 e. The Morgan fingerprint density at radius 2 is 1.45 bits per heavy atom. The number of rotatable bonds is 4. The van der Waals surface area contributed by atoms with Crippen molar-refractivity contribution in [2.75, 3.05) is 0 Å². The number of allylic oxidation sites excluding steroid dienone is 2. The van der Waals surface area contributed by atoms with E-state index >= 15 is 0 Å². The summed E-state index contributed by atoms with van der Waals surface area (Å²) in [5, 5.41) is 19.4. The maximum atomic E-state index is 12.6. The fourth-order valence-corrected chi connectivity index (χ4v) is 4.20. The summed E-state index contributed by atoms with van der Waals surface area (Å²) in [6.45, 7) is 3.95. The molecule has 0 amide bonds. The van der Waals surface area contributed by atoms with E-state index in [2.05, 4.69) is 10.2 Å². The van der Waals surface area contributed by atoms with Crippen LogP contribution in [0.4, 0.5) is 0 Å². The summed E-state index contributed by atoms with van der Waals surface area (Å²) in [5.41, 5.74) is 2.96. The molecular weight excluding hydrogens is 382 g/mol. The zero-order valence-corrected chi connectivity index (χ0v) is 17.1. The van der Waals surface area contributed by atoms with Gasteiger partial charge in [0.1, 0.15) is 17.1 Å². The summed E-state index contributed by atoms with van der Waals surface area (Å²) < 4.78 is 0. The summed E-state index contributed by atoms with van der Waals surface area (Å²) in [4.78, 5) is 17.6. The molecule has 0 fully saturated rings. The molecule has 0 atom stereocenters. The summed E-state index contributed by atoms with van der Waals surface area (Å²) in [6.07, 6.45) is 0.850. The van der Waals surface area contributed by atoms with Gasteiger partial charge in [-0.15, -0.1) is 10.2 Å². The second-order valence-electron chi connectivity index (χ2n) is 7.84. The molecule has 3 aromatic rings. The molecule has 1 N–H and O–H groups in total. The molecule has 6 heteroatoms. The fourth-order valence-electron chi connectivity index (χ4n) is 3.42. The van der Waals surface area contributed by atoms with Crippen molar-refractivity contribution in [3.63, 3.8) is 0 Å². The quantitative estimate of drug-likeness (QED) is 0.624. The molecule has 0 aliphatic heterocycles. The van der Waals surface area contributed by atoms with Crippen LogP contribution in [-0.4, -0.2) is 26.1 Å². The number of ketones is 1. The van der Waals surface area contributed by atoms with Crippen LogP contribution in [0.3, 0.4) is 0 Å². The second kappa shape index (κ2) is 7.79. The minimum absolute atomic E-state index is 0.0826. The molecule has 4 rings (SSSR count). The monoisotopic (exact) mass is 403 g/mol. The number of Topliss-reactive ketones (excluding diaryl/α,β-unsaturated/α-hetero) is 1. The van der Waals surface area contributed by atoms with Crippen molar-refractivity contribution in [2.24, 2.45) is 5.41 Å². The third-order valence-corrected chi connectivity index (χ3v) is 5.78. The lowest BCUT2D eigenvalue weighted by Crippen LogP contribution is -2.24. The number of aliphatic hydroxyl groups is 1. The minimum Gasteiger partial charge on any atom is -0.511 e. The van der Waals surface area contributed by atoms with Gasteiger partial charge in [0.2, 0.25) is 5.16 Å². The van der Waals surface area contributed by atoms with Gasteiger partial charge in [-0.25, -0.2) is 4.98 Å². The molecule has 0 spiro atoms. The fraction of sp³-hybridized carbons (Fsp3) is 0.217. The van der Waals surface area contributed by atoms with Crippen molar-refractivity contribution in [1.29, 1.82) is 0 Å². The van der Waals surface area contributed by atoms with Crippen molar-refractivity contribution >= 4 is 17.5 Å². The molecular formula is C23H21N3O2S. The van der Waals surface area contributed by atoms with Gasteiger partial charge in [-0.05, 0) is 17.2 Å². The maximum absolute atomic E-state index is 12.6. The van der Waals surface area contributed by atoms with E-state index in [-0.39, 0.29) is 17.0 Å². The minimum atomic E-state index is -0.239. The van der Waals surface area contributed by atoms with Crippen molar-refractivity contribution in [3.8, 4) is 22.5 Å². The number of thioether (sulfide) groups is 1. The third-order valence-electron chi connectivity index (χ3n) is 4.76. The van der Waals surface area contributed by atoms with E-state index in [9.17, 15) is 9.90 Å². The number of hydrogen-bond donors (Lipinski definition) is 1. The Bertz CT molecular complexity index is 1080. The van der Waals surface area contributed by atoms with Crippen molar-refractivity contribution in [1.82, 2.24) is 15.2 Å². The molecule has 0 unspecified atom stereocenters. The Hall–Kier alpha value is -2.99. The first-order valence-electron chi connectivity index (χ1n) is 9.42. The van der Waals surface area contributed by atoms with Crippen molar-refractivity contribution in [2.45, 2.75) is 31.8 Å². The smallest absolute Gasteiger partial charge is 0.214 e. The summed E-state index contributed by atoms with van der Waals surface area (Å²) in [7, 11) is 0. The van der Waals surface area contributed by atoms with Gasteiger partial charge < -0.3 is 5.11 Å². The second-order valence-corrected chi connectivity index (χ2v) is 8.82. The lowest BCUT2D eigenvalue weighted by Gasteiger charge is -2.28. The number of nitrogens with zero attached hydrogens (tertiary/aromatic N) is 3. The third kappa shape index (κ3) is 4.22. The molecule has 0 saturated carbocycles. The summed E-state index contributed by atoms with van der Waals surface area (Å²) >= 11 is 1.09. The van der Waals surface area contributed by atoms with E-state index in [1.807, 2.05) is 74.5 Å². The van der Waals surface area contributed by atoms with Crippen LogP contribution in [0.5, 0.6) is 0 Å². The van der Waals surface area contributed by atoms with Gasteiger partial charge in [0.15, 0.2) is 5.78 Å². The molecule has 0 radical (unpaired) electrons. The lowest BCUT2D eigenvalue weighted by molar-refractivity contribution is -0.117. The zero-order valence-electron chi connectivity index (χ0n) is 16.3. The first kappa shape index (κ1) is 19.3. The number of aromatic nitrogens is 3. The Kier molecular flexibility index (Phi) is 5.20. The highest BCUT2D eigenvalue weighted by Gasteiger charge is 2.34. The number of aliphatic hydroxyl groups excluding tert-OH is 1. The van der Waals surface area contributed by atoms with Crippen LogP contribution in [0.1, 0.15) is 26.7 Å². The van der Waals surface area contributed by atoms with Crippen LogP contribution in [0.25, 0.3) is 22.5 Å². The van der Waals surface area contributed by atoms with Crippen LogP contribution in [0.2, 0.25) is 0 Å². The Morgan fingerprint density at radius 3 is 2.03 bits per heavy atom. The summed E-state index contributed by atoms with van der Waals surface area (Å²) in [6, 6.07) is 19.5. The SMILES string of the molecule is CC1(C)CC(=O)C(Sc2nnc(-c3ccccc3)c(-c3ccccc3)n2)=C(O)C1. The lowest BCUT2D eigenvalue weighted by atomic mass is 9.79. The standard InChI is InChI=1S/C23H21N3O2S/c1-23(2)13-17(27)21(18(28)14-23)29-22-24-19(15-9-5-3-6-10-15)20(25-26-22)16-11-7-4-8-12-16/h3-12,27H,13-14H2,1-2H3. The van der Waals surface area contributed by atoms with Gasteiger partial charge >= 0.3 is 0 Å². The topological polar surface area (TPSA) is 76.0 Å². The maximum Gasteiger partial charge on any atom is 0.214 e. The molecule has 1 aliphatic carbocycles. The predicted molar refractivity (Wildman–Crippen MR) is 114 cm³/mol. The number of carbonyl (C=O) groups excluding carboxylic acids is 1. The number of benzene rings is 2. The molecule has 1 aromatic heterocycles. The highest BCUT2D eigenvalue weighted by Crippen LogP contribution is 2.41. The molecule has 0 bridgehead atoms. The van der Waals surface area contributed by atoms with Gasteiger partial charge in [0.25, 0.3) is 0 Å². The number of hydrogen-bond acceptors (Lipinski definition) is 6. The first-order chi connectivity index (χ1) is 13.9. The van der Waals surface area contributed by atoms with E-state index < -0.39 is 0 Å². The Morgan fingerprint density at radius 1 is 0.862 bits per heavy atom. The Balaban J connectivity index is 1.76. The van der Waals surface area contributed by atoms with Crippen molar-refractivity contribution in [3.05, 3.63) is 71.3 Å². The average molecular weight is 404 g/mol. The molecule has 29 heavy (non-hydrogen) atoms. The first-order valence-corrected chi connectivity index (χ1v) is 10.2. The van der Waals surface area contributed by atoms with E-state index in [1.54, 1.807) is 0 Å². The van der Waals surface area contributed by atoms with Gasteiger partial charge in [0, 0.05) is 24.0 Å². The molecule has 5 nitrogen and oxygen atoms in total. The normalized spacial score (nSPS) is 16.1. The van der Waals surface area contributed by atoms with E-state index in [4.69, 9.17) is 4.98 Å². The van der Waals surface area contributed by atoms with Crippen LogP contribution in [-0.2, 0) is 4.79 Å². The predicted octanol–water partition coefficient (Wildman–Crippen LogP) is 5.46. The zero-order chi connectivity index (χ0) is 20.4. The van der Waals surface area contributed by atoms with Gasteiger partial charge in [-0.2, -0.15) is 0 Å². The molecule has 146 valence electrons. The van der Waals surface area contributed by atoms with Crippen LogP contribution in [0.15, 0.2) is 76.5 Å². The van der Waals surface area contributed by atoms with Gasteiger partial charge in [0.05, 0.1) is 4.91 Å². The molecule has 0 saturated heterocycles. The molecule has 1 heterocycles. The van der Waals surface area contributed by atoms with E-state index in [1.165, 1.54) is 0 Å². The highest BCUT2D eigenvalue weighted by atomic mass is 32.2.